The van der Waals surface area contributed by atoms with Gasteiger partial charge in [-0.25, -0.2) is 0 Å². The zero-order chi connectivity index (χ0) is 13.5. The van der Waals surface area contributed by atoms with E-state index in [-0.39, 0.29) is 12.6 Å². The highest BCUT2D eigenvalue weighted by Gasteiger charge is 2.10. The Morgan fingerprint density at radius 3 is 2.61 bits per heavy atom. The zero-order valence-corrected chi connectivity index (χ0v) is 11.6. The molecule has 2 N–H and O–H groups in total. The van der Waals surface area contributed by atoms with Crippen LogP contribution < -0.4 is 14.8 Å². The Hall–Kier alpha value is -1.26. The predicted molar refractivity (Wildman–Crippen MR) is 72.3 cm³/mol. The molecule has 0 aliphatic heterocycles. The third-order valence-corrected chi connectivity index (χ3v) is 3.02. The van der Waals surface area contributed by atoms with Gasteiger partial charge in [-0.1, -0.05) is 13.0 Å². The largest absolute Gasteiger partial charge is 0.493 e. The van der Waals surface area contributed by atoms with E-state index < -0.39 is 6.10 Å². The summed E-state index contributed by atoms with van der Waals surface area (Å²) in [6.07, 6.45) is 0.239. The number of benzene rings is 1. The molecule has 4 nitrogen and oxygen atoms in total. The van der Waals surface area contributed by atoms with Crippen molar-refractivity contribution < 1.29 is 14.6 Å². The molecule has 0 aliphatic carbocycles. The first-order chi connectivity index (χ1) is 8.62. The summed E-state index contributed by atoms with van der Waals surface area (Å²) in [6, 6.07) is 6.09. The van der Waals surface area contributed by atoms with Crippen LogP contribution in [0.5, 0.6) is 11.5 Å². The molecule has 1 aromatic rings. The first kappa shape index (κ1) is 14.8. The van der Waals surface area contributed by atoms with E-state index in [2.05, 4.69) is 12.2 Å². The first-order valence-corrected chi connectivity index (χ1v) is 6.28. The van der Waals surface area contributed by atoms with Crippen LogP contribution in [0.25, 0.3) is 0 Å². The van der Waals surface area contributed by atoms with Crippen LogP contribution in [0.1, 0.15) is 31.9 Å². The number of aliphatic hydroxyl groups excluding tert-OH is 1. The average molecular weight is 253 g/mol. The smallest absolute Gasteiger partial charge is 0.161 e. The minimum atomic E-state index is -0.439. The number of aliphatic hydroxyl groups is 1. The Morgan fingerprint density at radius 1 is 1.33 bits per heavy atom. The summed E-state index contributed by atoms with van der Waals surface area (Å²) >= 11 is 0. The number of methoxy groups -OCH3 is 1. The molecule has 0 saturated heterocycles. The minimum Gasteiger partial charge on any atom is -0.493 e. The van der Waals surface area contributed by atoms with Gasteiger partial charge < -0.3 is 19.9 Å². The summed E-state index contributed by atoms with van der Waals surface area (Å²) in [5.74, 6) is 1.36. The lowest BCUT2D eigenvalue weighted by Crippen LogP contribution is -2.16. The maximum Gasteiger partial charge on any atom is 0.161 e. The molecule has 102 valence electrons. The quantitative estimate of drug-likeness (QED) is 0.781. The minimum absolute atomic E-state index is 0.259. The maximum absolute atomic E-state index is 9.49. The molecule has 0 aromatic heterocycles. The van der Waals surface area contributed by atoms with Crippen LogP contribution >= 0.6 is 0 Å². The molecule has 0 fully saturated rings. The molecular formula is C14H23NO3. The molecule has 2 atom stereocenters. The van der Waals surface area contributed by atoms with Crippen molar-refractivity contribution in [1.82, 2.24) is 5.32 Å². The fraction of sp³-hybridized carbons (Fsp3) is 0.571. The summed E-state index contributed by atoms with van der Waals surface area (Å²) in [7, 11) is 3.53. The van der Waals surface area contributed by atoms with Crippen molar-refractivity contribution in [3.8, 4) is 11.5 Å². The van der Waals surface area contributed by atoms with Crippen molar-refractivity contribution in [2.45, 2.75) is 32.4 Å². The van der Waals surface area contributed by atoms with Crippen LogP contribution in [-0.4, -0.2) is 32.0 Å². The summed E-state index contributed by atoms with van der Waals surface area (Å²) in [4.78, 5) is 0. The molecule has 0 saturated carbocycles. The topological polar surface area (TPSA) is 50.7 Å². The maximum atomic E-state index is 9.49. The number of hydrogen-bond acceptors (Lipinski definition) is 4. The third kappa shape index (κ3) is 3.89. The molecule has 1 aromatic carbocycles. The number of rotatable bonds is 7. The van der Waals surface area contributed by atoms with Gasteiger partial charge in [0.05, 0.1) is 13.2 Å². The van der Waals surface area contributed by atoms with Gasteiger partial charge >= 0.3 is 0 Å². The van der Waals surface area contributed by atoms with Crippen molar-refractivity contribution in [3.05, 3.63) is 23.8 Å². The first-order valence-electron chi connectivity index (χ1n) is 6.28. The molecule has 0 radical (unpaired) electrons. The molecule has 0 heterocycles. The highest BCUT2D eigenvalue weighted by molar-refractivity contribution is 5.43. The summed E-state index contributed by atoms with van der Waals surface area (Å²) in [6.45, 7) is 4.28. The van der Waals surface area contributed by atoms with Crippen LogP contribution in [-0.2, 0) is 0 Å². The van der Waals surface area contributed by atoms with Gasteiger partial charge in [-0.3, -0.25) is 0 Å². The van der Waals surface area contributed by atoms with E-state index in [9.17, 15) is 5.11 Å². The fourth-order valence-corrected chi connectivity index (χ4v) is 1.54. The van der Waals surface area contributed by atoms with Crippen LogP contribution in [0.4, 0.5) is 0 Å². The molecule has 0 amide bonds. The van der Waals surface area contributed by atoms with Gasteiger partial charge in [-0.2, -0.15) is 0 Å². The molecule has 1 rings (SSSR count). The van der Waals surface area contributed by atoms with E-state index >= 15 is 0 Å². The molecule has 18 heavy (non-hydrogen) atoms. The molecule has 2 unspecified atom stereocenters. The molecule has 0 bridgehead atoms. The number of nitrogens with one attached hydrogen (secondary N) is 1. The van der Waals surface area contributed by atoms with Gasteiger partial charge in [0.15, 0.2) is 11.5 Å². The Labute approximate surface area is 109 Å². The van der Waals surface area contributed by atoms with Gasteiger partial charge in [0.1, 0.15) is 6.61 Å². The normalized spacial score (nSPS) is 14.1. The van der Waals surface area contributed by atoms with E-state index in [1.807, 2.05) is 32.2 Å². The molecule has 4 heteroatoms. The number of hydrogen-bond donors (Lipinski definition) is 2. The Kier molecular flexibility index (Phi) is 5.95. The van der Waals surface area contributed by atoms with Crippen molar-refractivity contribution in [3.63, 3.8) is 0 Å². The van der Waals surface area contributed by atoms with Crippen molar-refractivity contribution in [1.29, 1.82) is 0 Å². The SMILES string of the molecule is CCC(O)COc1ccc(C(C)NC)cc1OC. The second kappa shape index (κ2) is 7.24. The predicted octanol–water partition coefficient (Wildman–Crippen LogP) is 2.13. The van der Waals surface area contributed by atoms with Gasteiger partial charge in [-0.15, -0.1) is 0 Å². The van der Waals surface area contributed by atoms with E-state index in [4.69, 9.17) is 9.47 Å². The van der Waals surface area contributed by atoms with E-state index in [0.29, 0.717) is 17.9 Å². The van der Waals surface area contributed by atoms with Gasteiger partial charge in [0, 0.05) is 6.04 Å². The monoisotopic (exact) mass is 253 g/mol. The summed E-state index contributed by atoms with van der Waals surface area (Å²) in [5, 5.41) is 12.7. The zero-order valence-electron chi connectivity index (χ0n) is 11.6. The van der Waals surface area contributed by atoms with Crippen molar-refractivity contribution >= 4 is 0 Å². The molecule has 0 spiro atoms. The van der Waals surface area contributed by atoms with Crippen LogP contribution in [0.2, 0.25) is 0 Å². The van der Waals surface area contributed by atoms with Gasteiger partial charge in [0.25, 0.3) is 0 Å². The highest BCUT2D eigenvalue weighted by Crippen LogP contribution is 2.30. The van der Waals surface area contributed by atoms with Crippen molar-refractivity contribution in [2.24, 2.45) is 0 Å². The van der Waals surface area contributed by atoms with Crippen LogP contribution in [0.15, 0.2) is 18.2 Å². The second-order valence-corrected chi connectivity index (χ2v) is 4.29. The van der Waals surface area contributed by atoms with E-state index in [1.54, 1.807) is 7.11 Å². The van der Waals surface area contributed by atoms with Crippen molar-refractivity contribution in [2.75, 3.05) is 20.8 Å². The standard InChI is InChI=1S/C14H23NO3/c1-5-12(16)9-18-13-7-6-11(10(2)15-3)8-14(13)17-4/h6-8,10,12,15-16H,5,9H2,1-4H3. The lowest BCUT2D eigenvalue weighted by atomic mass is 10.1. The Morgan fingerprint density at radius 2 is 2.06 bits per heavy atom. The highest BCUT2D eigenvalue weighted by atomic mass is 16.5. The lowest BCUT2D eigenvalue weighted by molar-refractivity contribution is 0.102. The fourth-order valence-electron chi connectivity index (χ4n) is 1.54. The summed E-state index contributed by atoms with van der Waals surface area (Å²) < 4.78 is 10.9. The van der Waals surface area contributed by atoms with Crippen LogP contribution in [0, 0.1) is 0 Å². The van der Waals surface area contributed by atoms with E-state index in [1.165, 1.54) is 0 Å². The number of ether oxygens (including phenoxy) is 2. The van der Waals surface area contributed by atoms with Gasteiger partial charge in [-0.05, 0) is 38.1 Å². The molecule has 0 aliphatic rings. The Bertz CT molecular complexity index is 368. The average Bonchev–Trinajstić information content (AvgIpc) is 2.43. The van der Waals surface area contributed by atoms with Gasteiger partial charge in [0.2, 0.25) is 0 Å². The third-order valence-electron chi connectivity index (χ3n) is 3.02. The van der Waals surface area contributed by atoms with Crippen LogP contribution in [0.3, 0.4) is 0 Å². The molecular weight excluding hydrogens is 230 g/mol. The second-order valence-electron chi connectivity index (χ2n) is 4.29. The summed E-state index contributed by atoms with van der Waals surface area (Å²) in [5.41, 5.74) is 1.14. The van der Waals surface area contributed by atoms with E-state index in [0.717, 1.165) is 5.56 Å². The Balaban J connectivity index is 2.80. The lowest BCUT2D eigenvalue weighted by Gasteiger charge is -2.16.